The van der Waals surface area contributed by atoms with Crippen molar-refractivity contribution in [3.63, 3.8) is 0 Å². The van der Waals surface area contributed by atoms with E-state index < -0.39 is 0 Å². The Balaban J connectivity index is 1.91. The summed E-state index contributed by atoms with van der Waals surface area (Å²) in [4.78, 5) is 4.24. The first kappa shape index (κ1) is 14.6. The zero-order chi connectivity index (χ0) is 14.4. The van der Waals surface area contributed by atoms with Gasteiger partial charge in [-0.1, -0.05) is 23.7 Å². The van der Waals surface area contributed by atoms with Gasteiger partial charge >= 0.3 is 0 Å². The standard InChI is InChI=1S/C14H16ClN3O2/c1-19-11-4-2-10(3-5-11)8-20-9-13-12(15)6-7-14(17-13)18-16/h2-7H,8-9,16H2,1H3,(H,17,18). The van der Waals surface area contributed by atoms with Gasteiger partial charge in [-0.05, 0) is 29.8 Å². The Hall–Kier alpha value is -1.82. The first-order valence-corrected chi connectivity index (χ1v) is 6.43. The minimum Gasteiger partial charge on any atom is -0.497 e. The van der Waals surface area contributed by atoms with Gasteiger partial charge in [0, 0.05) is 0 Å². The van der Waals surface area contributed by atoms with Crippen LogP contribution in [-0.4, -0.2) is 12.1 Å². The highest BCUT2D eigenvalue weighted by Crippen LogP contribution is 2.18. The SMILES string of the molecule is COc1ccc(COCc2nc(NN)ccc2Cl)cc1. The van der Waals surface area contributed by atoms with Crippen LogP contribution in [0.25, 0.3) is 0 Å². The molecule has 1 heterocycles. The predicted octanol–water partition coefficient (Wildman–Crippen LogP) is 2.75. The smallest absolute Gasteiger partial charge is 0.140 e. The van der Waals surface area contributed by atoms with Crippen LogP contribution in [-0.2, 0) is 18.0 Å². The number of nitrogens with two attached hydrogens (primary N) is 1. The maximum atomic E-state index is 6.05. The van der Waals surface area contributed by atoms with Crippen LogP contribution in [0.3, 0.4) is 0 Å². The number of hydrogen-bond donors (Lipinski definition) is 2. The molecule has 0 aliphatic carbocycles. The second kappa shape index (κ2) is 7.09. The average molecular weight is 294 g/mol. The van der Waals surface area contributed by atoms with Gasteiger partial charge in [0.05, 0.1) is 31.0 Å². The molecule has 0 spiro atoms. The number of nitrogen functional groups attached to an aromatic ring is 1. The number of nitrogens with zero attached hydrogens (tertiary/aromatic N) is 1. The predicted molar refractivity (Wildman–Crippen MR) is 78.5 cm³/mol. The summed E-state index contributed by atoms with van der Waals surface area (Å²) in [6.07, 6.45) is 0. The second-order valence-electron chi connectivity index (χ2n) is 4.11. The van der Waals surface area contributed by atoms with Crippen molar-refractivity contribution in [3.8, 4) is 5.75 Å². The Morgan fingerprint density at radius 1 is 1.15 bits per heavy atom. The quantitative estimate of drug-likeness (QED) is 0.633. The van der Waals surface area contributed by atoms with Crippen molar-refractivity contribution in [2.24, 2.45) is 5.84 Å². The molecule has 0 saturated heterocycles. The normalized spacial score (nSPS) is 10.3. The number of ether oxygens (including phenoxy) is 2. The van der Waals surface area contributed by atoms with Gasteiger partial charge in [-0.3, -0.25) is 0 Å². The monoisotopic (exact) mass is 293 g/mol. The number of rotatable bonds is 6. The molecule has 2 rings (SSSR count). The number of nitrogens with one attached hydrogen (secondary N) is 1. The third-order valence-corrected chi connectivity index (χ3v) is 3.08. The molecule has 0 radical (unpaired) electrons. The molecule has 0 unspecified atom stereocenters. The molecule has 0 bridgehead atoms. The fourth-order valence-corrected chi connectivity index (χ4v) is 1.81. The summed E-state index contributed by atoms with van der Waals surface area (Å²) < 4.78 is 10.7. The molecule has 0 amide bonds. The highest BCUT2D eigenvalue weighted by atomic mass is 35.5. The molecule has 2 aromatic rings. The molecule has 0 atom stereocenters. The van der Waals surface area contributed by atoms with Gasteiger partial charge in [0.25, 0.3) is 0 Å². The van der Waals surface area contributed by atoms with Gasteiger partial charge in [0.2, 0.25) is 0 Å². The Morgan fingerprint density at radius 3 is 2.55 bits per heavy atom. The fraction of sp³-hybridized carbons (Fsp3) is 0.214. The molecule has 20 heavy (non-hydrogen) atoms. The van der Waals surface area contributed by atoms with Crippen LogP contribution in [0.2, 0.25) is 5.02 Å². The Bertz CT molecular complexity index is 561. The lowest BCUT2D eigenvalue weighted by Crippen LogP contribution is -2.09. The number of halogens is 1. The molecule has 0 fully saturated rings. The number of hydrogen-bond acceptors (Lipinski definition) is 5. The van der Waals surface area contributed by atoms with Gasteiger partial charge in [-0.15, -0.1) is 0 Å². The van der Waals surface area contributed by atoms with Gasteiger partial charge < -0.3 is 14.9 Å². The van der Waals surface area contributed by atoms with E-state index in [-0.39, 0.29) is 0 Å². The van der Waals surface area contributed by atoms with Gasteiger partial charge in [0.1, 0.15) is 11.6 Å². The van der Waals surface area contributed by atoms with Crippen molar-refractivity contribution < 1.29 is 9.47 Å². The van der Waals surface area contributed by atoms with Crippen molar-refractivity contribution in [1.82, 2.24) is 4.98 Å². The lowest BCUT2D eigenvalue weighted by atomic mass is 10.2. The zero-order valence-corrected chi connectivity index (χ0v) is 11.9. The maximum absolute atomic E-state index is 6.05. The van der Waals surface area contributed by atoms with Crippen molar-refractivity contribution >= 4 is 17.4 Å². The molecule has 1 aromatic heterocycles. The first-order valence-electron chi connectivity index (χ1n) is 6.05. The minimum atomic E-state index is 0.320. The summed E-state index contributed by atoms with van der Waals surface area (Å²) in [5, 5.41) is 0.554. The maximum Gasteiger partial charge on any atom is 0.140 e. The summed E-state index contributed by atoms with van der Waals surface area (Å²) >= 11 is 6.05. The van der Waals surface area contributed by atoms with Crippen molar-refractivity contribution in [2.75, 3.05) is 12.5 Å². The summed E-state index contributed by atoms with van der Waals surface area (Å²) in [6.45, 7) is 0.794. The molecular formula is C14H16ClN3O2. The first-order chi connectivity index (χ1) is 9.72. The summed E-state index contributed by atoms with van der Waals surface area (Å²) in [6, 6.07) is 11.1. The van der Waals surface area contributed by atoms with E-state index in [1.54, 1.807) is 19.2 Å². The van der Waals surface area contributed by atoms with Gasteiger partial charge in [-0.2, -0.15) is 0 Å². The van der Waals surface area contributed by atoms with E-state index in [0.29, 0.717) is 29.7 Å². The molecule has 1 aromatic carbocycles. The molecule has 0 saturated carbocycles. The van der Waals surface area contributed by atoms with Crippen LogP contribution in [0, 0.1) is 0 Å². The lowest BCUT2D eigenvalue weighted by Gasteiger charge is -2.08. The van der Waals surface area contributed by atoms with Crippen LogP contribution < -0.4 is 16.0 Å². The van der Waals surface area contributed by atoms with E-state index in [1.807, 2.05) is 24.3 Å². The van der Waals surface area contributed by atoms with Gasteiger partial charge in [-0.25, -0.2) is 10.8 Å². The Labute approximate surface area is 122 Å². The molecule has 0 aliphatic heterocycles. The van der Waals surface area contributed by atoms with E-state index in [0.717, 1.165) is 11.3 Å². The number of benzene rings is 1. The van der Waals surface area contributed by atoms with Crippen molar-refractivity contribution in [3.05, 3.63) is 52.7 Å². The van der Waals surface area contributed by atoms with Gasteiger partial charge in [0.15, 0.2) is 0 Å². The largest absolute Gasteiger partial charge is 0.497 e. The van der Waals surface area contributed by atoms with E-state index in [1.165, 1.54) is 0 Å². The molecule has 3 N–H and O–H groups in total. The molecule has 5 nitrogen and oxygen atoms in total. The molecular weight excluding hydrogens is 278 g/mol. The third kappa shape index (κ3) is 3.84. The van der Waals surface area contributed by atoms with E-state index in [9.17, 15) is 0 Å². The third-order valence-electron chi connectivity index (χ3n) is 2.73. The number of anilines is 1. The number of methoxy groups -OCH3 is 1. The Kier molecular flexibility index (Phi) is 5.17. The fourth-order valence-electron chi connectivity index (χ4n) is 1.65. The lowest BCUT2D eigenvalue weighted by molar-refractivity contribution is 0.105. The highest BCUT2D eigenvalue weighted by molar-refractivity contribution is 6.31. The van der Waals surface area contributed by atoms with Crippen LogP contribution in [0.1, 0.15) is 11.3 Å². The van der Waals surface area contributed by atoms with Crippen molar-refractivity contribution in [2.45, 2.75) is 13.2 Å². The highest BCUT2D eigenvalue weighted by Gasteiger charge is 2.04. The van der Waals surface area contributed by atoms with Crippen LogP contribution in [0.5, 0.6) is 5.75 Å². The number of hydrazine groups is 1. The Morgan fingerprint density at radius 2 is 1.90 bits per heavy atom. The van der Waals surface area contributed by atoms with E-state index in [2.05, 4.69) is 10.4 Å². The van der Waals surface area contributed by atoms with Crippen LogP contribution in [0.15, 0.2) is 36.4 Å². The number of aromatic nitrogens is 1. The summed E-state index contributed by atoms with van der Waals surface area (Å²) in [7, 11) is 1.64. The van der Waals surface area contributed by atoms with Crippen LogP contribution in [0.4, 0.5) is 5.82 Å². The minimum absolute atomic E-state index is 0.320. The zero-order valence-electron chi connectivity index (χ0n) is 11.1. The van der Waals surface area contributed by atoms with Crippen LogP contribution >= 0.6 is 11.6 Å². The summed E-state index contributed by atoms with van der Waals surface area (Å²) in [5.74, 6) is 6.68. The number of pyridine rings is 1. The van der Waals surface area contributed by atoms with Crippen molar-refractivity contribution in [1.29, 1.82) is 0 Å². The molecule has 0 aliphatic rings. The average Bonchev–Trinajstić information content (AvgIpc) is 2.50. The molecule has 106 valence electrons. The van der Waals surface area contributed by atoms with E-state index in [4.69, 9.17) is 26.9 Å². The second-order valence-corrected chi connectivity index (χ2v) is 4.52. The topological polar surface area (TPSA) is 69.4 Å². The molecule has 6 heteroatoms. The van der Waals surface area contributed by atoms with E-state index >= 15 is 0 Å². The summed E-state index contributed by atoms with van der Waals surface area (Å²) in [5.41, 5.74) is 4.18.